The number of aromatic nitrogens is 1. The molecule has 0 saturated heterocycles. The first-order valence-corrected chi connectivity index (χ1v) is 8.80. The summed E-state index contributed by atoms with van der Waals surface area (Å²) < 4.78 is 27.2. The molecular weight excluding hydrogens is 382 g/mol. The van der Waals surface area contributed by atoms with E-state index < -0.39 is 20.6 Å². The summed E-state index contributed by atoms with van der Waals surface area (Å²) in [6.45, 7) is 1.79. The molecule has 0 atom stereocenters. The van der Waals surface area contributed by atoms with Crippen LogP contribution >= 0.6 is 27.3 Å². The van der Waals surface area contributed by atoms with Crippen molar-refractivity contribution in [3.05, 3.63) is 48.9 Å². The number of hydrogen-bond donors (Lipinski definition) is 1. The van der Waals surface area contributed by atoms with Gasteiger partial charge >= 0.3 is 0 Å². The fourth-order valence-electron chi connectivity index (χ4n) is 1.57. The lowest BCUT2D eigenvalue weighted by Crippen LogP contribution is -2.24. The van der Waals surface area contributed by atoms with Crippen LogP contribution in [0.25, 0.3) is 0 Å². The molecule has 1 aromatic heterocycles. The quantitative estimate of drug-likeness (QED) is 0.623. The molecule has 112 valence electrons. The third-order valence-corrected chi connectivity index (χ3v) is 5.38. The number of sulfonamides is 1. The van der Waals surface area contributed by atoms with Gasteiger partial charge in [-0.15, -0.1) is 11.3 Å². The molecule has 1 N–H and O–H groups in total. The molecule has 21 heavy (non-hydrogen) atoms. The Balaban J connectivity index is 2.31. The molecule has 0 spiro atoms. The van der Waals surface area contributed by atoms with Crippen molar-refractivity contribution >= 4 is 43.0 Å². The van der Waals surface area contributed by atoms with Gasteiger partial charge in [0.25, 0.3) is 5.69 Å². The predicted molar refractivity (Wildman–Crippen MR) is 81.7 cm³/mol. The molecule has 2 aromatic rings. The number of benzene rings is 1. The monoisotopic (exact) mass is 391 g/mol. The second-order valence-electron chi connectivity index (χ2n) is 4.08. The zero-order valence-electron chi connectivity index (χ0n) is 10.7. The molecule has 0 bridgehead atoms. The van der Waals surface area contributed by atoms with E-state index in [-0.39, 0.29) is 11.4 Å². The Morgan fingerprint density at radius 1 is 1.48 bits per heavy atom. The Morgan fingerprint density at radius 3 is 2.76 bits per heavy atom. The Labute approximate surface area is 133 Å². The summed E-state index contributed by atoms with van der Waals surface area (Å²) in [6, 6.07) is 3.76. The summed E-state index contributed by atoms with van der Waals surface area (Å²) in [7, 11) is -4.00. The van der Waals surface area contributed by atoms with E-state index in [0.717, 1.165) is 11.8 Å². The molecule has 2 rings (SSSR count). The van der Waals surface area contributed by atoms with Gasteiger partial charge in [-0.1, -0.05) is 15.9 Å². The number of halogens is 1. The van der Waals surface area contributed by atoms with Crippen LogP contribution in [0.5, 0.6) is 0 Å². The molecule has 1 aromatic carbocycles. The average molecular weight is 392 g/mol. The minimum absolute atomic E-state index is 0.00942. The van der Waals surface area contributed by atoms with Gasteiger partial charge in [-0.05, 0) is 19.1 Å². The standard InChI is InChI=1S/C11H10BrN3O4S2/c1-7-6-20-11(14-7)5-13-21(18,19)10-4-8(12)2-3-9(10)15(16)17/h2-4,6,13H,5H2,1H3. The maximum Gasteiger partial charge on any atom is 0.289 e. The van der Waals surface area contributed by atoms with Crippen molar-refractivity contribution in [3.8, 4) is 0 Å². The van der Waals surface area contributed by atoms with Crippen LogP contribution in [-0.4, -0.2) is 18.3 Å². The molecule has 1 heterocycles. The molecule has 0 radical (unpaired) electrons. The Hall–Kier alpha value is -1.36. The van der Waals surface area contributed by atoms with Crippen molar-refractivity contribution in [1.82, 2.24) is 9.71 Å². The minimum Gasteiger partial charge on any atom is -0.258 e. The van der Waals surface area contributed by atoms with E-state index in [2.05, 4.69) is 25.6 Å². The molecule has 0 aliphatic rings. The van der Waals surface area contributed by atoms with Crippen molar-refractivity contribution in [3.63, 3.8) is 0 Å². The highest BCUT2D eigenvalue weighted by Gasteiger charge is 2.26. The van der Waals surface area contributed by atoms with Crippen LogP contribution in [0.3, 0.4) is 0 Å². The Morgan fingerprint density at radius 2 is 2.19 bits per heavy atom. The number of nitrogens with one attached hydrogen (secondary N) is 1. The highest BCUT2D eigenvalue weighted by Crippen LogP contribution is 2.27. The van der Waals surface area contributed by atoms with Gasteiger partial charge in [-0.25, -0.2) is 18.1 Å². The number of hydrogen-bond acceptors (Lipinski definition) is 6. The summed E-state index contributed by atoms with van der Waals surface area (Å²) in [6.07, 6.45) is 0. The lowest BCUT2D eigenvalue weighted by Gasteiger charge is -2.06. The van der Waals surface area contributed by atoms with Gasteiger partial charge in [0.05, 0.1) is 11.5 Å². The normalized spacial score (nSPS) is 11.5. The van der Waals surface area contributed by atoms with Crippen LogP contribution in [-0.2, 0) is 16.6 Å². The van der Waals surface area contributed by atoms with E-state index in [4.69, 9.17) is 0 Å². The van der Waals surface area contributed by atoms with Gasteiger partial charge in [-0.2, -0.15) is 0 Å². The lowest BCUT2D eigenvalue weighted by atomic mass is 10.3. The third-order valence-electron chi connectivity index (χ3n) is 2.49. The summed E-state index contributed by atoms with van der Waals surface area (Å²) in [5.41, 5.74) is 0.323. The zero-order valence-corrected chi connectivity index (χ0v) is 14.0. The van der Waals surface area contributed by atoms with Gasteiger partial charge in [0.1, 0.15) is 5.01 Å². The SMILES string of the molecule is Cc1csc(CNS(=O)(=O)c2cc(Br)ccc2[N+](=O)[O-])n1. The first kappa shape index (κ1) is 16.0. The van der Waals surface area contributed by atoms with Crippen molar-refractivity contribution in [1.29, 1.82) is 0 Å². The first-order chi connectivity index (χ1) is 9.79. The molecule has 0 aliphatic carbocycles. The number of thiazole rings is 1. The molecule has 0 fully saturated rings. The average Bonchev–Trinajstić information content (AvgIpc) is 2.82. The topological polar surface area (TPSA) is 102 Å². The van der Waals surface area contributed by atoms with Crippen LogP contribution in [0.4, 0.5) is 5.69 Å². The van der Waals surface area contributed by atoms with E-state index in [0.29, 0.717) is 9.48 Å². The van der Waals surface area contributed by atoms with Crippen molar-refractivity contribution < 1.29 is 13.3 Å². The number of aryl methyl sites for hydroxylation is 1. The summed E-state index contributed by atoms with van der Waals surface area (Å²) in [5, 5.41) is 13.3. The minimum atomic E-state index is -4.00. The predicted octanol–water partition coefficient (Wildman–Crippen LogP) is 2.60. The van der Waals surface area contributed by atoms with Crippen LogP contribution in [0.15, 0.2) is 32.9 Å². The van der Waals surface area contributed by atoms with E-state index in [9.17, 15) is 18.5 Å². The van der Waals surface area contributed by atoms with E-state index >= 15 is 0 Å². The maximum absolute atomic E-state index is 12.2. The highest BCUT2D eigenvalue weighted by atomic mass is 79.9. The van der Waals surface area contributed by atoms with Crippen molar-refractivity contribution in [2.75, 3.05) is 0 Å². The van der Waals surface area contributed by atoms with Gasteiger partial charge in [0, 0.05) is 21.6 Å². The molecule has 0 saturated carbocycles. The Bertz CT molecular complexity index is 789. The van der Waals surface area contributed by atoms with Crippen LogP contribution in [0.2, 0.25) is 0 Å². The number of nitro benzene ring substituents is 1. The molecule has 10 heteroatoms. The second-order valence-corrected chi connectivity index (χ2v) is 7.67. The smallest absolute Gasteiger partial charge is 0.258 e. The molecule has 0 unspecified atom stereocenters. The number of nitrogens with zero attached hydrogens (tertiary/aromatic N) is 2. The molecular formula is C11H10BrN3O4S2. The zero-order chi connectivity index (χ0) is 15.6. The summed E-state index contributed by atoms with van der Waals surface area (Å²) >= 11 is 4.43. The molecule has 0 amide bonds. The van der Waals surface area contributed by atoms with Gasteiger partial charge in [0.15, 0.2) is 4.90 Å². The van der Waals surface area contributed by atoms with Crippen LogP contribution < -0.4 is 4.72 Å². The lowest BCUT2D eigenvalue weighted by molar-refractivity contribution is -0.387. The molecule has 0 aliphatic heterocycles. The number of rotatable bonds is 5. The van der Waals surface area contributed by atoms with E-state index in [1.165, 1.54) is 23.5 Å². The van der Waals surface area contributed by atoms with E-state index in [1.54, 1.807) is 12.3 Å². The molecule has 7 nitrogen and oxygen atoms in total. The number of nitro groups is 1. The second kappa shape index (κ2) is 6.18. The maximum atomic E-state index is 12.2. The van der Waals surface area contributed by atoms with Gasteiger partial charge in [-0.3, -0.25) is 10.1 Å². The van der Waals surface area contributed by atoms with E-state index in [1.807, 2.05) is 0 Å². The fraction of sp³-hybridized carbons (Fsp3) is 0.182. The van der Waals surface area contributed by atoms with Gasteiger partial charge in [0.2, 0.25) is 10.0 Å². The Kier molecular flexibility index (Phi) is 4.71. The van der Waals surface area contributed by atoms with Crippen molar-refractivity contribution in [2.24, 2.45) is 0 Å². The summed E-state index contributed by atoms with van der Waals surface area (Å²) in [5.74, 6) is 0. The van der Waals surface area contributed by atoms with Crippen LogP contribution in [0, 0.1) is 17.0 Å². The highest BCUT2D eigenvalue weighted by molar-refractivity contribution is 9.10. The third kappa shape index (κ3) is 3.84. The van der Waals surface area contributed by atoms with Crippen LogP contribution in [0.1, 0.15) is 10.7 Å². The first-order valence-electron chi connectivity index (χ1n) is 5.64. The van der Waals surface area contributed by atoms with Crippen molar-refractivity contribution in [2.45, 2.75) is 18.4 Å². The van der Waals surface area contributed by atoms with Gasteiger partial charge < -0.3 is 0 Å². The summed E-state index contributed by atoms with van der Waals surface area (Å²) in [4.78, 5) is 14.0. The fourth-order valence-corrected chi connectivity index (χ4v) is 4.07. The largest absolute Gasteiger partial charge is 0.289 e.